The molecule has 0 aliphatic rings. The van der Waals surface area contributed by atoms with Crippen LogP contribution in [0.15, 0.2) is 58.1 Å². The molecule has 2 amide bonds. The molecule has 29 heavy (non-hydrogen) atoms. The number of hydrogen-bond donors (Lipinski definition) is 2. The fourth-order valence-corrected chi connectivity index (χ4v) is 3.71. The molecule has 4 rings (SSSR count). The number of nitrogens with zero attached hydrogens (tertiary/aromatic N) is 3. The number of fused-ring (bicyclic) bond motifs is 1. The van der Waals surface area contributed by atoms with Crippen LogP contribution < -0.4 is 11.1 Å². The van der Waals surface area contributed by atoms with Crippen molar-refractivity contribution < 1.29 is 18.8 Å². The number of nitrogens with two attached hydrogens (primary N) is 1. The van der Waals surface area contributed by atoms with Crippen molar-refractivity contribution in [1.29, 1.82) is 0 Å². The van der Waals surface area contributed by atoms with E-state index in [9.17, 15) is 14.4 Å². The first-order chi connectivity index (χ1) is 14.0. The Morgan fingerprint density at radius 1 is 1.21 bits per heavy atom. The molecule has 0 bridgehead atoms. The zero-order chi connectivity index (χ0) is 20.4. The number of Topliss-reactive ketones (excluding diaryl/α,β-unsaturated/α-hetero) is 1. The monoisotopic (exact) mass is 409 g/mol. The molecule has 0 radical (unpaired) electrons. The molecule has 0 aliphatic carbocycles. The number of amides is 2. The highest BCUT2D eigenvalue weighted by Crippen LogP contribution is 2.26. The van der Waals surface area contributed by atoms with E-state index in [-0.39, 0.29) is 12.1 Å². The van der Waals surface area contributed by atoms with Crippen molar-refractivity contribution in [3.8, 4) is 5.82 Å². The molecule has 0 aromatic carbocycles. The van der Waals surface area contributed by atoms with E-state index in [0.717, 1.165) is 5.39 Å². The molecule has 0 saturated carbocycles. The van der Waals surface area contributed by atoms with Crippen LogP contribution in [0.25, 0.3) is 16.8 Å². The Balaban J connectivity index is 1.61. The van der Waals surface area contributed by atoms with Gasteiger partial charge in [-0.05, 0) is 18.2 Å². The van der Waals surface area contributed by atoms with E-state index in [2.05, 4.69) is 15.4 Å². The Bertz CT molecular complexity index is 1190. The van der Waals surface area contributed by atoms with Gasteiger partial charge in [0.15, 0.2) is 5.82 Å². The van der Waals surface area contributed by atoms with Crippen LogP contribution in [0.1, 0.15) is 16.1 Å². The summed E-state index contributed by atoms with van der Waals surface area (Å²) < 4.78 is 6.78. The molecule has 9 nitrogen and oxygen atoms in total. The Morgan fingerprint density at radius 3 is 2.83 bits per heavy atom. The summed E-state index contributed by atoms with van der Waals surface area (Å²) in [7, 11) is 0. The molecule has 3 N–H and O–H groups in total. The van der Waals surface area contributed by atoms with Crippen LogP contribution in [0.2, 0.25) is 0 Å². The molecule has 0 spiro atoms. The van der Waals surface area contributed by atoms with Crippen LogP contribution in [0, 0.1) is 0 Å². The molecule has 0 aliphatic heterocycles. The second kappa shape index (κ2) is 7.68. The van der Waals surface area contributed by atoms with Crippen LogP contribution in [0.5, 0.6) is 0 Å². The van der Waals surface area contributed by atoms with Gasteiger partial charge < -0.3 is 15.5 Å². The summed E-state index contributed by atoms with van der Waals surface area (Å²) in [6.45, 7) is 0. The fraction of sp³-hybridized carbons (Fsp3) is 0.105. The highest BCUT2D eigenvalue weighted by molar-refractivity contribution is 7.09. The molecule has 1 unspecified atom stereocenters. The first kappa shape index (κ1) is 18.6. The van der Waals surface area contributed by atoms with E-state index in [1.807, 2.05) is 10.8 Å². The number of carbonyl (C=O) groups excluding carboxylic acids is 3. The largest absolute Gasteiger partial charge is 0.463 e. The Hall–Kier alpha value is -3.79. The molecule has 10 heteroatoms. The van der Waals surface area contributed by atoms with Gasteiger partial charge >= 0.3 is 0 Å². The molecular formula is C19H15N5O4S. The smallest absolute Gasteiger partial charge is 0.287 e. The van der Waals surface area contributed by atoms with Crippen molar-refractivity contribution in [2.45, 2.75) is 12.5 Å². The second-order valence-electron chi connectivity index (χ2n) is 6.19. The van der Waals surface area contributed by atoms with Gasteiger partial charge in [-0.15, -0.1) is 11.3 Å². The first-order valence-corrected chi connectivity index (χ1v) is 9.51. The van der Waals surface area contributed by atoms with Crippen LogP contribution in [-0.4, -0.2) is 38.4 Å². The molecule has 0 saturated heterocycles. The van der Waals surface area contributed by atoms with E-state index >= 15 is 0 Å². The Labute approximate surface area is 168 Å². The lowest BCUT2D eigenvalue weighted by atomic mass is 10.0. The summed E-state index contributed by atoms with van der Waals surface area (Å²) in [6, 6.07) is 5.53. The average molecular weight is 409 g/mol. The van der Waals surface area contributed by atoms with Gasteiger partial charge in [-0.25, -0.2) is 9.67 Å². The minimum absolute atomic E-state index is 0.0645. The van der Waals surface area contributed by atoms with Gasteiger partial charge in [-0.2, -0.15) is 5.10 Å². The number of thiophene rings is 1. The summed E-state index contributed by atoms with van der Waals surface area (Å²) in [5, 5.41) is 11.2. The number of rotatable bonds is 7. The Kier molecular flexibility index (Phi) is 4.92. The van der Waals surface area contributed by atoms with Crippen LogP contribution >= 0.6 is 11.3 Å². The van der Waals surface area contributed by atoms with Crippen molar-refractivity contribution >= 4 is 39.9 Å². The van der Waals surface area contributed by atoms with Crippen molar-refractivity contribution in [3.63, 3.8) is 0 Å². The maximum atomic E-state index is 12.9. The standard InChI is InChI=1S/C19H15N5O4S/c20-18(26)17(25)13(7-11-8-28-15-10-29-9-12(11)15)23-19(27)14-4-6-22-24(14)16-3-1-2-5-21-16/h1-6,8-10,13H,7H2,(H2,20,26)(H,23,27). The van der Waals surface area contributed by atoms with Crippen molar-refractivity contribution in [3.05, 3.63) is 64.9 Å². The number of furan rings is 1. The quantitative estimate of drug-likeness (QED) is 0.444. The van der Waals surface area contributed by atoms with E-state index in [0.29, 0.717) is 17.0 Å². The van der Waals surface area contributed by atoms with Gasteiger partial charge in [-0.1, -0.05) is 6.07 Å². The molecule has 0 fully saturated rings. The van der Waals surface area contributed by atoms with Crippen molar-refractivity contribution in [2.75, 3.05) is 0 Å². The van der Waals surface area contributed by atoms with Crippen LogP contribution in [-0.2, 0) is 16.0 Å². The number of nitrogens with one attached hydrogen (secondary N) is 1. The van der Waals surface area contributed by atoms with E-state index < -0.39 is 23.6 Å². The van der Waals surface area contributed by atoms with E-state index in [1.165, 1.54) is 34.5 Å². The number of hydrogen-bond acceptors (Lipinski definition) is 7. The number of carbonyl (C=O) groups is 3. The molecule has 4 aromatic rings. The summed E-state index contributed by atoms with van der Waals surface area (Å²) >= 11 is 1.45. The third kappa shape index (κ3) is 3.65. The zero-order valence-electron chi connectivity index (χ0n) is 14.9. The fourth-order valence-electron chi connectivity index (χ4n) is 2.94. The number of primary amides is 1. The molecular weight excluding hydrogens is 394 g/mol. The van der Waals surface area contributed by atoms with Crippen molar-refractivity contribution in [1.82, 2.24) is 20.1 Å². The van der Waals surface area contributed by atoms with Gasteiger partial charge in [0.05, 0.1) is 12.5 Å². The lowest BCUT2D eigenvalue weighted by molar-refractivity contribution is -0.137. The lowest BCUT2D eigenvalue weighted by Crippen LogP contribution is -2.47. The van der Waals surface area contributed by atoms with Crippen molar-refractivity contribution in [2.24, 2.45) is 5.73 Å². The van der Waals surface area contributed by atoms with E-state index in [1.54, 1.807) is 24.4 Å². The predicted molar refractivity (Wildman–Crippen MR) is 105 cm³/mol. The lowest BCUT2D eigenvalue weighted by Gasteiger charge is -2.16. The summed E-state index contributed by atoms with van der Waals surface area (Å²) in [6.07, 6.45) is 4.58. The normalized spacial score (nSPS) is 12.0. The molecule has 146 valence electrons. The number of ketones is 1. The topological polar surface area (TPSA) is 133 Å². The SMILES string of the molecule is NC(=O)C(=O)C(Cc1coc2cscc12)NC(=O)c1ccnn1-c1ccccn1. The van der Waals surface area contributed by atoms with E-state index in [4.69, 9.17) is 10.2 Å². The number of pyridine rings is 1. The average Bonchev–Trinajstić information content (AvgIpc) is 3.45. The third-order valence-electron chi connectivity index (χ3n) is 4.33. The number of aromatic nitrogens is 3. The predicted octanol–water partition coefficient (Wildman–Crippen LogP) is 1.47. The highest BCUT2D eigenvalue weighted by Gasteiger charge is 2.28. The van der Waals surface area contributed by atoms with Crippen LogP contribution in [0.4, 0.5) is 0 Å². The summed E-state index contributed by atoms with van der Waals surface area (Å²) in [4.78, 5) is 40.9. The third-order valence-corrected chi connectivity index (χ3v) is 5.05. The van der Waals surface area contributed by atoms with Gasteiger partial charge in [0.25, 0.3) is 11.8 Å². The zero-order valence-corrected chi connectivity index (χ0v) is 15.8. The first-order valence-electron chi connectivity index (χ1n) is 8.57. The molecule has 4 aromatic heterocycles. The highest BCUT2D eigenvalue weighted by atomic mass is 32.1. The van der Waals surface area contributed by atoms with Gasteiger partial charge in [0, 0.05) is 34.3 Å². The molecule has 4 heterocycles. The summed E-state index contributed by atoms with van der Waals surface area (Å²) in [5.41, 5.74) is 6.72. The summed E-state index contributed by atoms with van der Waals surface area (Å²) in [5.74, 6) is -2.17. The van der Waals surface area contributed by atoms with Gasteiger partial charge in [-0.3, -0.25) is 14.4 Å². The van der Waals surface area contributed by atoms with Gasteiger partial charge in [0.1, 0.15) is 17.3 Å². The molecule has 1 atom stereocenters. The maximum Gasteiger partial charge on any atom is 0.287 e. The maximum absolute atomic E-state index is 12.9. The van der Waals surface area contributed by atoms with Gasteiger partial charge in [0.2, 0.25) is 5.78 Å². The Morgan fingerprint density at radius 2 is 2.07 bits per heavy atom. The van der Waals surface area contributed by atoms with Crippen LogP contribution in [0.3, 0.4) is 0 Å². The minimum atomic E-state index is -1.15. The second-order valence-corrected chi connectivity index (χ2v) is 6.93. The minimum Gasteiger partial charge on any atom is -0.463 e.